The number of fused-ring (bicyclic) bond motifs is 1. The van der Waals surface area contributed by atoms with Crippen LogP contribution in [0.4, 0.5) is 11.7 Å². The third-order valence-corrected chi connectivity index (χ3v) is 5.36. The number of pyridine rings is 1. The van der Waals surface area contributed by atoms with Gasteiger partial charge in [0.1, 0.15) is 5.69 Å². The molecule has 0 aliphatic heterocycles. The molecule has 0 atom stereocenters. The normalized spacial score (nSPS) is 14.2. The minimum Gasteiger partial charge on any atom is -0.402 e. The summed E-state index contributed by atoms with van der Waals surface area (Å²) in [5.74, 6) is 0.794. The Balaban J connectivity index is 1.72. The lowest BCUT2D eigenvalue weighted by atomic mass is 9.83. The zero-order valence-electron chi connectivity index (χ0n) is 18.1. The Hall–Kier alpha value is -3.16. The smallest absolute Gasteiger partial charge is 0.316 e. The van der Waals surface area contributed by atoms with Gasteiger partial charge in [-0.1, -0.05) is 31.9 Å². The maximum Gasteiger partial charge on any atom is 0.316 e. The van der Waals surface area contributed by atoms with Crippen LogP contribution < -0.4 is 11.1 Å². The van der Waals surface area contributed by atoms with Crippen molar-refractivity contribution in [1.29, 1.82) is 0 Å². The molecular weight excluding hydrogens is 380 g/mol. The lowest BCUT2D eigenvalue weighted by Crippen LogP contribution is -2.28. The number of rotatable bonds is 5. The molecule has 1 aliphatic carbocycles. The molecule has 2 aromatic heterocycles. The topological polar surface area (TPSA) is 110 Å². The summed E-state index contributed by atoms with van der Waals surface area (Å²) < 4.78 is 5.68. The Morgan fingerprint density at radius 3 is 2.60 bits per heavy atom. The second-order valence-corrected chi connectivity index (χ2v) is 9.14. The fraction of sp³-hybridized carbons (Fsp3) is 0.455. The van der Waals surface area contributed by atoms with E-state index in [4.69, 9.17) is 15.1 Å². The van der Waals surface area contributed by atoms with Gasteiger partial charge in [-0.05, 0) is 47.4 Å². The van der Waals surface area contributed by atoms with E-state index in [1.807, 2.05) is 0 Å². The average molecular weight is 409 g/mol. The zero-order valence-corrected chi connectivity index (χ0v) is 18.1. The van der Waals surface area contributed by atoms with Gasteiger partial charge in [-0.25, -0.2) is 4.98 Å². The summed E-state index contributed by atoms with van der Waals surface area (Å²) in [4.78, 5) is 18.1. The zero-order chi connectivity index (χ0) is 21.6. The summed E-state index contributed by atoms with van der Waals surface area (Å²) in [6.07, 6.45) is 2.46. The first-order valence-electron chi connectivity index (χ1n) is 10.2. The van der Waals surface area contributed by atoms with Gasteiger partial charge in [-0.3, -0.25) is 4.79 Å². The largest absolute Gasteiger partial charge is 0.402 e. The van der Waals surface area contributed by atoms with Crippen LogP contribution in [0.2, 0.25) is 0 Å². The predicted octanol–water partition coefficient (Wildman–Crippen LogP) is 3.54. The molecule has 1 amide bonds. The fourth-order valence-corrected chi connectivity index (χ4v) is 3.42. The van der Waals surface area contributed by atoms with Crippen LogP contribution in [0.1, 0.15) is 50.7 Å². The Morgan fingerprint density at radius 2 is 1.97 bits per heavy atom. The highest BCUT2D eigenvalue weighted by molar-refractivity contribution is 5.95. The third-order valence-electron chi connectivity index (χ3n) is 5.36. The average Bonchev–Trinajstić information content (AvgIpc) is 3.42. The molecule has 3 aromatic rings. The van der Waals surface area contributed by atoms with E-state index in [9.17, 15) is 4.79 Å². The number of amides is 1. The maximum absolute atomic E-state index is 11.7. The molecule has 8 heteroatoms. The Kier molecular flexibility index (Phi) is 4.88. The number of carbonyl (C=O) groups is 1. The number of nitrogens with one attached hydrogen (secondary N) is 1. The molecule has 158 valence electrons. The Labute approximate surface area is 175 Å². The first-order chi connectivity index (χ1) is 14.1. The molecule has 4 rings (SSSR count). The van der Waals surface area contributed by atoms with Gasteiger partial charge in [0.25, 0.3) is 5.89 Å². The molecule has 0 saturated heterocycles. The highest BCUT2D eigenvalue weighted by Gasteiger charge is 2.28. The van der Waals surface area contributed by atoms with Gasteiger partial charge in [0, 0.05) is 25.2 Å². The van der Waals surface area contributed by atoms with Crippen LogP contribution in [0, 0.1) is 0 Å². The van der Waals surface area contributed by atoms with Crippen molar-refractivity contribution in [3.05, 3.63) is 29.3 Å². The number of likely N-dealkylation sites (N-methyl/N-ethyl adjacent to an activating group) is 1. The van der Waals surface area contributed by atoms with E-state index in [0.29, 0.717) is 17.3 Å². The molecule has 0 radical (unpaired) electrons. The number of carbonyl (C=O) groups excluding carboxylic acids is 1. The van der Waals surface area contributed by atoms with E-state index in [-0.39, 0.29) is 29.8 Å². The lowest BCUT2D eigenvalue weighted by Gasteiger charge is -2.23. The second-order valence-electron chi connectivity index (χ2n) is 9.14. The van der Waals surface area contributed by atoms with Gasteiger partial charge in [0.05, 0.1) is 12.1 Å². The van der Waals surface area contributed by atoms with E-state index < -0.39 is 0 Å². The van der Waals surface area contributed by atoms with Crippen LogP contribution in [0.25, 0.3) is 22.5 Å². The summed E-state index contributed by atoms with van der Waals surface area (Å²) in [6, 6.07) is 6.38. The first kappa shape index (κ1) is 20.1. The minimum atomic E-state index is -0.0934. The molecular formula is C22H28N6O2. The monoisotopic (exact) mass is 408 g/mol. The highest BCUT2D eigenvalue weighted by atomic mass is 16.4. The number of nitrogens with zero attached hydrogens (tertiary/aromatic N) is 4. The maximum atomic E-state index is 11.7. The number of nitrogens with two attached hydrogens (primary N) is 1. The van der Waals surface area contributed by atoms with Gasteiger partial charge in [-0.2, -0.15) is 0 Å². The van der Waals surface area contributed by atoms with Crippen molar-refractivity contribution in [2.24, 2.45) is 0 Å². The van der Waals surface area contributed by atoms with E-state index in [1.54, 1.807) is 20.2 Å². The third kappa shape index (κ3) is 3.94. The second kappa shape index (κ2) is 7.27. The molecule has 0 unspecified atom stereocenters. The molecule has 1 fully saturated rings. The van der Waals surface area contributed by atoms with Crippen molar-refractivity contribution in [1.82, 2.24) is 20.1 Å². The Bertz CT molecular complexity index is 1110. The molecule has 30 heavy (non-hydrogen) atoms. The molecule has 3 N–H and O–H groups in total. The number of aromatic nitrogens is 3. The molecule has 0 spiro atoms. The van der Waals surface area contributed by atoms with Gasteiger partial charge >= 0.3 is 6.01 Å². The van der Waals surface area contributed by atoms with E-state index in [1.165, 1.54) is 23.3 Å². The van der Waals surface area contributed by atoms with Crippen molar-refractivity contribution >= 4 is 28.5 Å². The van der Waals surface area contributed by atoms with Crippen molar-refractivity contribution < 1.29 is 9.21 Å². The van der Waals surface area contributed by atoms with Crippen LogP contribution in [-0.4, -0.2) is 46.6 Å². The van der Waals surface area contributed by atoms with Gasteiger partial charge in [0.15, 0.2) is 0 Å². The summed E-state index contributed by atoms with van der Waals surface area (Å²) in [6.45, 7) is 6.61. The summed E-state index contributed by atoms with van der Waals surface area (Å²) in [5, 5.41) is 11.9. The van der Waals surface area contributed by atoms with Gasteiger partial charge in [-0.15, -0.1) is 5.10 Å². The van der Waals surface area contributed by atoms with Crippen LogP contribution in [0.5, 0.6) is 0 Å². The molecule has 1 aliphatic rings. The van der Waals surface area contributed by atoms with Crippen LogP contribution in [0.3, 0.4) is 0 Å². The summed E-state index contributed by atoms with van der Waals surface area (Å²) in [7, 11) is 3.37. The number of nitrogen functional groups attached to an aromatic ring is 1. The van der Waals surface area contributed by atoms with Crippen molar-refractivity contribution in [2.45, 2.75) is 44.9 Å². The number of anilines is 2. The van der Waals surface area contributed by atoms with Crippen LogP contribution >= 0.6 is 0 Å². The Morgan fingerprint density at radius 1 is 1.23 bits per heavy atom. The van der Waals surface area contributed by atoms with Crippen molar-refractivity contribution in [2.75, 3.05) is 31.7 Å². The predicted molar refractivity (Wildman–Crippen MR) is 117 cm³/mol. The number of benzene rings is 1. The van der Waals surface area contributed by atoms with Gasteiger partial charge < -0.3 is 20.4 Å². The van der Waals surface area contributed by atoms with Crippen molar-refractivity contribution in [3.63, 3.8) is 0 Å². The van der Waals surface area contributed by atoms with E-state index in [2.05, 4.69) is 48.4 Å². The molecule has 8 nitrogen and oxygen atoms in total. The van der Waals surface area contributed by atoms with E-state index >= 15 is 0 Å². The highest BCUT2D eigenvalue weighted by Crippen LogP contribution is 2.44. The number of hydrogen-bond acceptors (Lipinski definition) is 7. The SMILES string of the molecule is CN(C)C(=O)CNc1nnc(-c2cc(N)c3cc(C4CC4)cc(C(C)(C)C)c3n2)o1. The van der Waals surface area contributed by atoms with Crippen LogP contribution in [-0.2, 0) is 10.2 Å². The lowest BCUT2D eigenvalue weighted by molar-refractivity contribution is -0.126. The summed E-state index contributed by atoms with van der Waals surface area (Å²) >= 11 is 0. The molecule has 1 aromatic carbocycles. The quantitative estimate of drug-likeness (QED) is 0.664. The van der Waals surface area contributed by atoms with Gasteiger partial charge in [0.2, 0.25) is 5.91 Å². The number of hydrogen-bond donors (Lipinski definition) is 2. The molecule has 2 heterocycles. The standard InChI is InChI=1S/C22H28N6O2/c1-22(2,3)15-9-13(12-6-7-12)8-14-16(23)10-17(25-19(14)15)20-26-27-21(30-20)24-11-18(29)28(4)5/h8-10,12H,6-7,11H2,1-5H3,(H2,23,25)(H,24,27). The first-order valence-corrected chi connectivity index (χ1v) is 10.2. The van der Waals surface area contributed by atoms with E-state index in [0.717, 1.165) is 16.5 Å². The minimum absolute atomic E-state index is 0.0695. The summed E-state index contributed by atoms with van der Waals surface area (Å²) in [5.41, 5.74) is 10.9. The molecule has 0 bridgehead atoms. The molecule has 1 saturated carbocycles. The fourth-order valence-electron chi connectivity index (χ4n) is 3.42. The van der Waals surface area contributed by atoms with Crippen molar-refractivity contribution in [3.8, 4) is 11.6 Å². The van der Waals surface area contributed by atoms with Crippen LogP contribution in [0.15, 0.2) is 22.6 Å².